The minimum absolute atomic E-state index is 0.249. The minimum Gasteiger partial charge on any atom is -0.497 e. The predicted octanol–water partition coefficient (Wildman–Crippen LogP) is 1.91. The molecule has 2 atom stereocenters. The zero-order valence-electron chi connectivity index (χ0n) is 15.0. The van der Waals surface area contributed by atoms with Crippen molar-refractivity contribution in [3.05, 3.63) is 35.7 Å². The third-order valence-corrected chi connectivity index (χ3v) is 4.98. The number of benzene rings is 1. The summed E-state index contributed by atoms with van der Waals surface area (Å²) in [6, 6.07) is 6.90. The van der Waals surface area contributed by atoms with Crippen LogP contribution in [0.5, 0.6) is 5.75 Å². The smallest absolute Gasteiger partial charge is 0.308 e. The Hall–Kier alpha value is -2.90. The minimum atomic E-state index is -0.867. The molecule has 2 aromatic rings. The van der Waals surface area contributed by atoms with Crippen LogP contribution in [0.25, 0.3) is 5.69 Å². The van der Waals surface area contributed by atoms with Crippen LogP contribution in [0.4, 0.5) is 0 Å². The van der Waals surface area contributed by atoms with Gasteiger partial charge in [0.25, 0.3) is 5.91 Å². The lowest BCUT2D eigenvalue weighted by atomic mass is 9.90. The predicted molar refractivity (Wildman–Crippen MR) is 93.5 cm³/mol. The first kappa shape index (κ1) is 17.9. The molecule has 0 bridgehead atoms. The molecule has 0 radical (unpaired) electrons. The molecule has 1 saturated heterocycles. The van der Waals surface area contributed by atoms with Crippen molar-refractivity contribution in [2.45, 2.75) is 32.7 Å². The second kappa shape index (κ2) is 7.15. The van der Waals surface area contributed by atoms with Gasteiger partial charge in [-0.15, -0.1) is 5.10 Å². The first-order chi connectivity index (χ1) is 12.4. The van der Waals surface area contributed by atoms with E-state index in [0.29, 0.717) is 25.1 Å². The first-order valence-electron chi connectivity index (χ1n) is 8.54. The Balaban J connectivity index is 1.86. The molecule has 1 aliphatic heterocycles. The van der Waals surface area contributed by atoms with Gasteiger partial charge in [0.05, 0.1) is 24.4 Å². The molecule has 0 saturated carbocycles. The Labute approximate surface area is 151 Å². The van der Waals surface area contributed by atoms with E-state index < -0.39 is 11.9 Å². The number of aromatic nitrogens is 3. The number of hydrogen-bond acceptors (Lipinski definition) is 5. The van der Waals surface area contributed by atoms with E-state index in [1.165, 1.54) is 0 Å². The molecule has 3 rings (SSSR count). The van der Waals surface area contributed by atoms with E-state index in [1.807, 2.05) is 24.3 Å². The molecule has 1 fully saturated rings. The largest absolute Gasteiger partial charge is 0.497 e. The molecular formula is C18H22N4O4. The summed E-state index contributed by atoms with van der Waals surface area (Å²) in [5, 5.41) is 17.5. The van der Waals surface area contributed by atoms with E-state index in [0.717, 1.165) is 11.4 Å². The van der Waals surface area contributed by atoms with Gasteiger partial charge in [-0.1, -0.05) is 5.21 Å². The van der Waals surface area contributed by atoms with E-state index in [-0.39, 0.29) is 17.6 Å². The molecule has 1 aromatic carbocycles. The maximum atomic E-state index is 12.9. The quantitative estimate of drug-likeness (QED) is 0.897. The third kappa shape index (κ3) is 3.14. The fourth-order valence-electron chi connectivity index (χ4n) is 3.39. The number of piperidine rings is 1. The van der Waals surface area contributed by atoms with Crippen LogP contribution in [-0.4, -0.2) is 56.6 Å². The number of carboxylic acids is 1. The number of hydrogen-bond donors (Lipinski definition) is 1. The maximum Gasteiger partial charge on any atom is 0.308 e. The molecule has 1 aliphatic rings. The molecule has 8 nitrogen and oxygen atoms in total. The number of carbonyl (C=O) groups excluding carboxylic acids is 1. The van der Waals surface area contributed by atoms with E-state index in [2.05, 4.69) is 10.3 Å². The number of likely N-dealkylation sites (tertiary alicyclic amines) is 1. The average Bonchev–Trinajstić information content (AvgIpc) is 3.02. The van der Waals surface area contributed by atoms with Crippen LogP contribution in [-0.2, 0) is 4.79 Å². The van der Waals surface area contributed by atoms with E-state index in [4.69, 9.17) is 4.74 Å². The number of methoxy groups -OCH3 is 1. The Morgan fingerprint density at radius 3 is 2.58 bits per heavy atom. The van der Waals surface area contributed by atoms with Crippen LogP contribution in [0.1, 0.15) is 35.9 Å². The Kier molecular flexibility index (Phi) is 4.92. The average molecular weight is 358 g/mol. The van der Waals surface area contributed by atoms with Crippen LogP contribution in [0.2, 0.25) is 0 Å². The van der Waals surface area contributed by atoms with Gasteiger partial charge in [-0.2, -0.15) is 0 Å². The molecule has 0 unspecified atom stereocenters. The Morgan fingerprint density at radius 2 is 1.96 bits per heavy atom. The summed E-state index contributed by atoms with van der Waals surface area (Å²) in [5.74, 6) is -0.969. The summed E-state index contributed by atoms with van der Waals surface area (Å²) in [4.78, 5) is 25.9. The SMILES string of the molecule is COc1ccc(-n2nnc(C(=O)N3CCC[C@H](C(=O)O)[C@@H]3C)c2C)cc1. The normalized spacial score (nSPS) is 20.0. The van der Waals surface area contributed by atoms with Gasteiger partial charge < -0.3 is 14.7 Å². The number of carboxylic acid groups (broad SMARTS) is 1. The van der Waals surface area contributed by atoms with Gasteiger partial charge >= 0.3 is 5.97 Å². The summed E-state index contributed by atoms with van der Waals surface area (Å²) in [5.41, 5.74) is 1.63. The van der Waals surface area contributed by atoms with Crippen LogP contribution in [0, 0.1) is 12.8 Å². The molecule has 8 heteroatoms. The molecule has 1 amide bonds. The van der Waals surface area contributed by atoms with Crippen molar-refractivity contribution >= 4 is 11.9 Å². The molecule has 1 N–H and O–H groups in total. The second-order valence-corrected chi connectivity index (χ2v) is 6.46. The molecule has 2 heterocycles. The number of rotatable bonds is 4. The van der Waals surface area contributed by atoms with Crippen LogP contribution < -0.4 is 4.74 Å². The maximum absolute atomic E-state index is 12.9. The monoisotopic (exact) mass is 358 g/mol. The van der Waals surface area contributed by atoms with Crippen molar-refractivity contribution < 1.29 is 19.4 Å². The Morgan fingerprint density at radius 1 is 1.27 bits per heavy atom. The van der Waals surface area contributed by atoms with E-state index in [9.17, 15) is 14.7 Å². The lowest BCUT2D eigenvalue weighted by Gasteiger charge is -2.37. The molecule has 26 heavy (non-hydrogen) atoms. The topological polar surface area (TPSA) is 97.5 Å². The van der Waals surface area contributed by atoms with Gasteiger partial charge in [-0.05, 0) is 51.0 Å². The third-order valence-electron chi connectivity index (χ3n) is 4.98. The van der Waals surface area contributed by atoms with Crippen molar-refractivity contribution in [2.24, 2.45) is 5.92 Å². The number of ether oxygens (including phenoxy) is 1. The van der Waals surface area contributed by atoms with E-state index >= 15 is 0 Å². The zero-order valence-corrected chi connectivity index (χ0v) is 15.0. The number of nitrogens with zero attached hydrogens (tertiary/aromatic N) is 4. The van der Waals surface area contributed by atoms with Gasteiger partial charge in [0.15, 0.2) is 5.69 Å². The standard InChI is InChI=1S/C18H22N4O4/c1-11-15(18(24)25)5-4-10-21(11)17(23)16-12(2)22(20-19-16)13-6-8-14(26-3)9-7-13/h6-9,11,15H,4-5,10H2,1-3H3,(H,24,25)/t11-,15-/m0/s1. The summed E-state index contributed by atoms with van der Waals surface area (Å²) in [6.07, 6.45) is 1.25. The molecule has 1 aromatic heterocycles. The van der Waals surface area contributed by atoms with Crippen molar-refractivity contribution in [3.63, 3.8) is 0 Å². The molecule has 138 valence electrons. The first-order valence-corrected chi connectivity index (χ1v) is 8.54. The van der Waals surface area contributed by atoms with Crippen molar-refractivity contribution in [1.29, 1.82) is 0 Å². The fraction of sp³-hybridized carbons (Fsp3) is 0.444. The van der Waals surface area contributed by atoms with Gasteiger partial charge in [-0.25, -0.2) is 4.68 Å². The number of aliphatic carboxylic acids is 1. The van der Waals surface area contributed by atoms with Gasteiger partial charge in [-0.3, -0.25) is 9.59 Å². The highest BCUT2D eigenvalue weighted by molar-refractivity contribution is 5.94. The number of carbonyl (C=O) groups is 2. The zero-order chi connectivity index (χ0) is 18.8. The lowest BCUT2D eigenvalue weighted by Crippen LogP contribution is -2.49. The summed E-state index contributed by atoms with van der Waals surface area (Å²) in [6.45, 7) is 4.08. The molecule has 0 spiro atoms. The van der Waals surface area contributed by atoms with Crippen LogP contribution >= 0.6 is 0 Å². The molecular weight excluding hydrogens is 336 g/mol. The molecule has 0 aliphatic carbocycles. The van der Waals surface area contributed by atoms with E-state index in [1.54, 1.807) is 30.5 Å². The van der Waals surface area contributed by atoms with Crippen molar-refractivity contribution in [1.82, 2.24) is 19.9 Å². The van der Waals surface area contributed by atoms with Gasteiger partial charge in [0, 0.05) is 12.6 Å². The summed E-state index contributed by atoms with van der Waals surface area (Å²) in [7, 11) is 1.59. The lowest BCUT2D eigenvalue weighted by molar-refractivity contribution is -0.144. The van der Waals surface area contributed by atoms with Crippen LogP contribution in [0.3, 0.4) is 0 Å². The summed E-state index contributed by atoms with van der Waals surface area (Å²) < 4.78 is 6.74. The van der Waals surface area contributed by atoms with Gasteiger partial charge in [0.1, 0.15) is 5.75 Å². The van der Waals surface area contributed by atoms with Crippen molar-refractivity contribution in [2.75, 3.05) is 13.7 Å². The van der Waals surface area contributed by atoms with Gasteiger partial charge in [0.2, 0.25) is 0 Å². The highest BCUT2D eigenvalue weighted by Gasteiger charge is 2.37. The summed E-state index contributed by atoms with van der Waals surface area (Å²) >= 11 is 0. The second-order valence-electron chi connectivity index (χ2n) is 6.46. The fourth-order valence-corrected chi connectivity index (χ4v) is 3.39. The number of amides is 1. The highest BCUT2D eigenvalue weighted by Crippen LogP contribution is 2.26. The Bertz CT molecular complexity index is 815. The van der Waals surface area contributed by atoms with Crippen LogP contribution in [0.15, 0.2) is 24.3 Å². The highest BCUT2D eigenvalue weighted by atomic mass is 16.5. The van der Waals surface area contributed by atoms with Crippen molar-refractivity contribution in [3.8, 4) is 11.4 Å².